The van der Waals surface area contributed by atoms with Crippen molar-refractivity contribution in [3.8, 4) is 0 Å². The fourth-order valence-electron chi connectivity index (χ4n) is 2.32. The van der Waals surface area contributed by atoms with Gasteiger partial charge in [0.1, 0.15) is 11.6 Å². The van der Waals surface area contributed by atoms with Crippen LogP contribution in [0.5, 0.6) is 0 Å². The zero-order valence-corrected chi connectivity index (χ0v) is 11.9. The highest BCUT2D eigenvalue weighted by Gasteiger charge is 2.14. The fourth-order valence-corrected chi connectivity index (χ4v) is 3.24. The van der Waals surface area contributed by atoms with Crippen LogP contribution >= 0.6 is 11.8 Å². The second-order valence-electron chi connectivity index (χ2n) is 4.77. The summed E-state index contributed by atoms with van der Waals surface area (Å²) in [6.07, 6.45) is 2.95. The van der Waals surface area contributed by atoms with E-state index in [2.05, 4.69) is 20.0 Å². The first-order valence-electron chi connectivity index (χ1n) is 6.48. The average molecular weight is 278 g/mol. The second-order valence-corrected chi connectivity index (χ2v) is 6.00. The summed E-state index contributed by atoms with van der Waals surface area (Å²) in [5.74, 6) is 3.75. The van der Waals surface area contributed by atoms with Crippen LogP contribution in [0.3, 0.4) is 0 Å². The lowest BCUT2D eigenvalue weighted by molar-refractivity contribution is 0.280. The van der Waals surface area contributed by atoms with Crippen molar-refractivity contribution in [3.63, 3.8) is 0 Å². The van der Waals surface area contributed by atoms with Crippen LogP contribution in [-0.4, -0.2) is 49.2 Å². The van der Waals surface area contributed by atoms with Crippen LogP contribution in [0.1, 0.15) is 12.2 Å². The average Bonchev–Trinajstić information content (AvgIpc) is 2.62. The number of anilines is 1. The van der Waals surface area contributed by atoms with Gasteiger partial charge in [-0.25, -0.2) is 9.97 Å². The topological polar surface area (TPSA) is 72.9 Å². The molecular weight excluding hydrogens is 260 g/mol. The third-order valence-electron chi connectivity index (χ3n) is 3.35. The van der Waals surface area contributed by atoms with Gasteiger partial charge < -0.3 is 5.73 Å². The zero-order valence-electron chi connectivity index (χ0n) is 11.0. The Hall–Kier alpha value is -1.34. The molecule has 2 N–H and O–H groups in total. The van der Waals surface area contributed by atoms with Crippen molar-refractivity contribution in [1.29, 1.82) is 0 Å². The van der Waals surface area contributed by atoms with Gasteiger partial charge in [0.2, 0.25) is 0 Å². The largest absolute Gasteiger partial charge is 0.383 e. The molecule has 0 aromatic carbocycles. The summed E-state index contributed by atoms with van der Waals surface area (Å²) in [4.78, 5) is 11.4. The molecule has 19 heavy (non-hydrogen) atoms. The third-order valence-corrected chi connectivity index (χ3v) is 4.40. The maximum absolute atomic E-state index is 5.98. The molecule has 0 atom stereocenters. The molecule has 3 rings (SSSR count). The maximum atomic E-state index is 5.98. The van der Waals surface area contributed by atoms with Crippen molar-refractivity contribution in [2.45, 2.75) is 13.0 Å². The molecule has 0 amide bonds. The Morgan fingerprint density at radius 3 is 3.11 bits per heavy atom. The number of aromatic nitrogens is 4. The van der Waals surface area contributed by atoms with E-state index in [-0.39, 0.29) is 0 Å². The minimum atomic E-state index is 0.525. The normalized spacial score (nSPS) is 17.7. The summed E-state index contributed by atoms with van der Waals surface area (Å²) in [6.45, 7) is 2.98. The molecule has 1 aliphatic rings. The molecule has 0 unspecified atom stereocenters. The Labute approximate surface area is 116 Å². The predicted molar refractivity (Wildman–Crippen MR) is 77.9 cm³/mol. The minimum absolute atomic E-state index is 0.525. The van der Waals surface area contributed by atoms with E-state index in [1.807, 2.05) is 18.8 Å². The summed E-state index contributed by atoms with van der Waals surface area (Å²) < 4.78 is 1.75. The molecule has 102 valence electrons. The zero-order chi connectivity index (χ0) is 13.2. The van der Waals surface area contributed by atoms with Crippen LogP contribution in [0.4, 0.5) is 5.82 Å². The Kier molecular flexibility index (Phi) is 3.56. The van der Waals surface area contributed by atoms with Gasteiger partial charge in [0.05, 0.1) is 18.1 Å². The minimum Gasteiger partial charge on any atom is -0.383 e. The summed E-state index contributed by atoms with van der Waals surface area (Å²) >= 11 is 2.02. The molecule has 6 nitrogen and oxygen atoms in total. The number of aryl methyl sites for hydroxylation is 1. The molecule has 0 aliphatic carbocycles. The Morgan fingerprint density at radius 1 is 1.32 bits per heavy atom. The highest BCUT2D eigenvalue weighted by molar-refractivity contribution is 7.99. The molecule has 1 aliphatic heterocycles. The van der Waals surface area contributed by atoms with Crippen LogP contribution in [0.2, 0.25) is 0 Å². The highest BCUT2D eigenvalue weighted by atomic mass is 32.2. The van der Waals surface area contributed by atoms with Crippen molar-refractivity contribution in [2.24, 2.45) is 7.05 Å². The molecule has 1 fully saturated rings. The van der Waals surface area contributed by atoms with E-state index in [0.29, 0.717) is 5.82 Å². The van der Waals surface area contributed by atoms with Crippen molar-refractivity contribution in [3.05, 3.63) is 12.0 Å². The number of nitrogen functional groups attached to an aromatic ring is 1. The van der Waals surface area contributed by atoms with Gasteiger partial charge in [-0.3, -0.25) is 9.58 Å². The van der Waals surface area contributed by atoms with Gasteiger partial charge in [0.15, 0.2) is 5.65 Å². The van der Waals surface area contributed by atoms with Crippen LogP contribution in [0, 0.1) is 0 Å². The summed E-state index contributed by atoms with van der Waals surface area (Å²) in [5, 5.41) is 5.01. The first-order chi connectivity index (χ1) is 9.24. The van der Waals surface area contributed by atoms with E-state index in [1.54, 1.807) is 10.9 Å². The van der Waals surface area contributed by atoms with Crippen LogP contribution < -0.4 is 5.73 Å². The van der Waals surface area contributed by atoms with Gasteiger partial charge in [-0.1, -0.05) is 0 Å². The standard InChI is InChI=1S/C12H18N6S/c1-17-12-9(7-14-17)11(13)15-10(16-12)8-18-3-2-5-19-6-4-18/h7H,2-6,8H2,1H3,(H2,13,15,16). The van der Waals surface area contributed by atoms with Crippen LogP contribution in [0.15, 0.2) is 6.20 Å². The van der Waals surface area contributed by atoms with Gasteiger partial charge in [-0.15, -0.1) is 0 Å². The van der Waals surface area contributed by atoms with Crippen LogP contribution in [0.25, 0.3) is 11.0 Å². The molecule has 7 heteroatoms. The van der Waals surface area contributed by atoms with E-state index in [4.69, 9.17) is 5.73 Å². The van der Waals surface area contributed by atoms with Gasteiger partial charge in [0.25, 0.3) is 0 Å². The van der Waals surface area contributed by atoms with Gasteiger partial charge in [0, 0.05) is 19.3 Å². The number of nitrogens with zero attached hydrogens (tertiary/aromatic N) is 5. The highest BCUT2D eigenvalue weighted by Crippen LogP contribution is 2.18. The molecule has 0 radical (unpaired) electrons. The first-order valence-corrected chi connectivity index (χ1v) is 7.64. The quantitative estimate of drug-likeness (QED) is 0.879. The van der Waals surface area contributed by atoms with Crippen molar-refractivity contribution in [1.82, 2.24) is 24.6 Å². The van der Waals surface area contributed by atoms with Crippen molar-refractivity contribution in [2.75, 3.05) is 30.3 Å². The molecular formula is C12H18N6S. The second kappa shape index (κ2) is 5.34. The van der Waals surface area contributed by atoms with Crippen molar-refractivity contribution >= 4 is 28.6 Å². The number of thioether (sulfide) groups is 1. The third kappa shape index (κ3) is 2.66. The Bertz CT molecular complexity index is 573. The molecule has 0 spiro atoms. The molecule has 3 heterocycles. The number of rotatable bonds is 2. The van der Waals surface area contributed by atoms with Crippen LogP contribution in [-0.2, 0) is 13.6 Å². The summed E-state index contributed by atoms with van der Waals surface area (Å²) in [5.41, 5.74) is 6.79. The molecule has 2 aromatic rings. The van der Waals surface area contributed by atoms with E-state index in [1.165, 1.54) is 17.9 Å². The smallest absolute Gasteiger partial charge is 0.163 e. The predicted octanol–water partition coefficient (Wildman–Crippen LogP) is 0.884. The lowest BCUT2D eigenvalue weighted by Gasteiger charge is -2.18. The van der Waals surface area contributed by atoms with Gasteiger partial charge >= 0.3 is 0 Å². The van der Waals surface area contributed by atoms with Crippen molar-refractivity contribution < 1.29 is 0 Å². The molecule has 2 aromatic heterocycles. The molecule has 0 bridgehead atoms. The number of hydrogen-bond donors (Lipinski definition) is 1. The number of nitrogens with two attached hydrogens (primary N) is 1. The Morgan fingerprint density at radius 2 is 2.21 bits per heavy atom. The Balaban J connectivity index is 1.85. The van der Waals surface area contributed by atoms with E-state index < -0.39 is 0 Å². The van der Waals surface area contributed by atoms with E-state index >= 15 is 0 Å². The maximum Gasteiger partial charge on any atom is 0.163 e. The van der Waals surface area contributed by atoms with E-state index in [9.17, 15) is 0 Å². The number of fused-ring (bicyclic) bond motifs is 1. The fraction of sp³-hybridized carbons (Fsp3) is 0.583. The lowest BCUT2D eigenvalue weighted by Crippen LogP contribution is -2.26. The lowest BCUT2D eigenvalue weighted by atomic mass is 10.3. The molecule has 1 saturated heterocycles. The summed E-state index contributed by atoms with van der Waals surface area (Å²) in [7, 11) is 1.88. The van der Waals surface area contributed by atoms with E-state index in [0.717, 1.165) is 36.5 Å². The number of hydrogen-bond acceptors (Lipinski definition) is 6. The molecule has 0 saturated carbocycles. The first kappa shape index (κ1) is 12.7. The SMILES string of the molecule is Cn1ncc2c(N)nc(CN3CCCSCC3)nc21. The summed E-state index contributed by atoms with van der Waals surface area (Å²) in [6, 6.07) is 0. The monoisotopic (exact) mass is 278 g/mol. The van der Waals surface area contributed by atoms with Gasteiger partial charge in [-0.2, -0.15) is 16.9 Å². The van der Waals surface area contributed by atoms with Gasteiger partial charge in [-0.05, 0) is 18.7 Å².